The van der Waals surface area contributed by atoms with E-state index in [4.69, 9.17) is 0 Å². The summed E-state index contributed by atoms with van der Waals surface area (Å²) in [4.78, 5) is 16.0. The molecule has 0 unspecified atom stereocenters. The molecule has 0 atom stereocenters. The molecule has 0 radical (unpaired) electrons. The van der Waals surface area contributed by atoms with Crippen molar-refractivity contribution in [1.82, 2.24) is 19.7 Å². The van der Waals surface area contributed by atoms with Gasteiger partial charge in [0.15, 0.2) is 23.1 Å². The van der Waals surface area contributed by atoms with Crippen molar-refractivity contribution < 1.29 is 18.0 Å². The fourth-order valence-corrected chi connectivity index (χ4v) is 1.38. The monoisotopic (exact) mass is 270 g/mol. The Balaban J connectivity index is 2.44. The van der Waals surface area contributed by atoms with Crippen LogP contribution in [0.25, 0.3) is 5.82 Å². The van der Waals surface area contributed by atoms with E-state index < -0.39 is 29.3 Å². The zero-order valence-electron chi connectivity index (χ0n) is 10.1. The van der Waals surface area contributed by atoms with E-state index in [-0.39, 0.29) is 5.69 Å². The number of hydrogen-bond acceptors (Lipinski definition) is 3. The zero-order valence-corrected chi connectivity index (χ0v) is 10.1. The van der Waals surface area contributed by atoms with E-state index in [9.17, 15) is 18.0 Å². The highest BCUT2D eigenvalue weighted by atomic mass is 19.2. The lowest BCUT2D eigenvalue weighted by molar-refractivity contribution is 0.0821. The van der Waals surface area contributed by atoms with Crippen LogP contribution in [0.15, 0.2) is 18.3 Å². The molecule has 0 bridgehead atoms. The molecular formula is C11H9F3N4O. The van der Waals surface area contributed by atoms with Gasteiger partial charge < -0.3 is 4.90 Å². The molecular weight excluding hydrogens is 261 g/mol. The van der Waals surface area contributed by atoms with Gasteiger partial charge in [-0.15, -0.1) is 0 Å². The SMILES string of the molecule is CN(C)C(=O)c1ccn(-c2nc(F)c(F)cc2F)n1. The molecule has 2 heterocycles. The van der Waals surface area contributed by atoms with E-state index >= 15 is 0 Å². The average molecular weight is 270 g/mol. The van der Waals surface area contributed by atoms with Gasteiger partial charge in [-0.3, -0.25) is 4.79 Å². The molecule has 5 nitrogen and oxygen atoms in total. The maximum atomic E-state index is 13.5. The number of rotatable bonds is 2. The highest BCUT2D eigenvalue weighted by Crippen LogP contribution is 2.14. The van der Waals surface area contributed by atoms with Gasteiger partial charge in [-0.1, -0.05) is 0 Å². The van der Waals surface area contributed by atoms with Crippen molar-refractivity contribution in [3.8, 4) is 5.82 Å². The quantitative estimate of drug-likeness (QED) is 0.775. The maximum absolute atomic E-state index is 13.5. The first-order valence-electron chi connectivity index (χ1n) is 5.19. The number of pyridine rings is 1. The van der Waals surface area contributed by atoms with E-state index in [0.717, 1.165) is 4.68 Å². The van der Waals surface area contributed by atoms with Crippen LogP contribution in [0.4, 0.5) is 13.2 Å². The summed E-state index contributed by atoms with van der Waals surface area (Å²) < 4.78 is 40.0. The third kappa shape index (κ3) is 2.42. The molecule has 8 heteroatoms. The van der Waals surface area contributed by atoms with Crippen molar-refractivity contribution >= 4 is 5.91 Å². The topological polar surface area (TPSA) is 51.0 Å². The first-order valence-corrected chi connectivity index (χ1v) is 5.19. The first-order chi connectivity index (χ1) is 8.90. The summed E-state index contributed by atoms with van der Waals surface area (Å²) in [6.45, 7) is 0. The van der Waals surface area contributed by atoms with Gasteiger partial charge >= 0.3 is 0 Å². The van der Waals surface area contributed by atoms with Gasteiger partial charge in [0.1, 0.15) is 0 Å². The van der Waals surface area contributed by atoms with E-state index in [1.807, 2.05) is 0 Å². The summed E-state index contributed by atoms with van der Waals surface area (Å²) in [6.07, 6.45) is 1.24. The van der Waals surface area contributed by atoms with Gasteiger partial charge in [0.05, 0.1) is 0 Å². The Labute approximate surface area is 106 Å². The summed E-state index contributed by atoms with van der Waals surface area (Å²) in [6, 6.07) is 1.69. The van der Waals surface area contributed by atoms with Gasteiger partial charge in [-0.05, 0) is 6.07 Å². The predicted octanol–water partition coefficient (Wildman–Crippen LogP) is 1.39. The van der Waals surface area contributed by atoms with Crippen molar-refractivity contribution in [2.75, 3.05) is 14.1 Å². The van der Waals surface area contributed by atoms with Crippen LogP contribution in [-0.4, -0.2) is 39.7 Å². The molecule has 0 N–H and O–H groups in total. The Morgan fingerprint density at radius 3 is 2.58 bits per heavy atom. The second-order valence-electron chi connectivity index (χ2n) is 3.91. The fourth-order valence-electron chi connectivity index (χ4n) is 1.38. The summed E-state index contributed by atoms with van der Waals surface area (Å²) in [5.74, 6) is -4.82. The van der Waals surface area contributed by atoms with E-state index in [1.165, 1.54) is 31.3 Å². The second kappa shape index (κ2) is 4.71. The van der Waals surface area contributed by atoms with Crippen molar-refractivity contribution in [3.05, 3.63) is 41.6 Å². The number of halogens is 3. The molecule has 2 rings (SSSR count). The van der Waals surface area contributed by atoms with Gasteiger partial charge in [-0.25, -0.2) is 13.5 Å². The zero-order chi connectivity index (χ0) is 14.2. The Morgan fingerprint density at radius 2 is 1.95 bits per heavy atom. The summed E-state index contributed by atoms with van der Waals surface area (Å²) in [5.41, 5.74) is 0.0379. The summed E-state index contributed by atoms with van der Waals surface area (Å²) >= 11 is 0. The number of carbonyl (C=O) groups excluding carboxylic acids is 1. The number of aromatic nitrogens is 3. The van der Waals surface area contributed by atoms with E-state index in [1.54, 1.807) is 0 Å². The van der Waals surface area contributed by atoms with Gasteiger partial charge in [0.25, 0.3) is 11.9 Å². The Hall–Kier alpha value is -2.38. The smallest absolute Gasteiger partial charge is 0.273 e. The lowest BCUT2D eigenvalue weighted by atomic mass is 10.4. The Morgan fingerprint density at radius 1 is 1.26 bits per heavy atom. The molecule has 0 aliphatic rings. The molecule has 1 amide bonds. The van der Waals surface area contributed by atoms with Crippen LogP contribution in [0.1, 0.15) is 10.5 Å². The second-order valence-corrected chi connectivity index (χ2v) is 3.91. The molecule has 0 saturated carbocycles. The van der Waals surface area contributed by atoms with Crippen LogP contribution in [0.2, 0.25) is 0 Å². The molecule has 100 valence electrons. The van der Waals surface area contributed by atoms with E-state index in [2.05, 4.69) is 10.1 Å². The number of carbonyl (C=O) groups is 1. The van der Waals surface area contributed by atoms with Crippen molar-refractivity contribution in [3.63, 3.8) is 0 Å². The normalized spacial score (nSPS) is 10.6. The standard InChI is InChI=1S/C11H9F3N4O/c1-17(2)11(19)8-3-4-18(16-8)10-7(13)5-6(12)9(14)15-10/h3-5H,1-2H3. The molecule has 0 saturated heterocycles. The van der Waals surface area contributed by atoms with Crippen LogP contribution in [-0.2, 0) is 0 Å². The van der Waals surface area contributed by atoms with Gasteiger partial charge in [-0.2, -0.15) is 14.5 Å². The average Bonchev–Trinajstić information content (AvgIpc) is 2.81. The minimum Gasteiger partial charge on any atom is -0.343 e. The van der Waals surface area contributed by atoms with Crippen LogP contribution >= 0.6 is 0 Å². The van der Waals surface area contributed by atoms with Gasteiger partial charge in [0.2, 0.25) is 0 Å². The van der Waals surface area contributed by atoms with Crippen LogP contribution in [0.5, 0.6) is 0 Å². The van der Waals surface area contributed by atoms with Crippen LogP contribution in [0.3, 0.4) is 0 Å². The molecule has 0 spiro atoms. The van der Waals surface area contributed by atoms with Crippen LogP contribution < -0.4 is 0 Å². The molecule has 0 fully saturated rings. The largest absolute Gasteiger partial charge is 0.343 e. The lowest BCUT2D eigenvalue weighted by Crippen LogP contribution is -2.22. The first kappa shape index (κ1) is 13.1. The summed E-state index contributed by atoms with van der Waals surface area (Å²) in [5, 5.41) is 3.77. The van der Waals surface area contributed by atoms with Crippen molar-refractivity contribution in [2.45, 2.75) is 0 Å². The minimum absolute atomic E-state index is 0.0379. The molecule has 19 heavy (non-hydrogen) atoms. The number of nitrogens with zero attached hydrogens (tertiary/aromatic N) is 4. The third-order valence-corrected chi connectivity index (χ3v) is 2.30. The Kier molecular flexibility index (Phi) is 3.24. The van der Waals surface area contributed by atoms with Gasteiger partial charge in [0, 0.05) is 26.4 Å². The number of hydrogen-bond donors (Lipinski definition) is 0. The molecule has 2 aromatic heterocycles. The molecule has 2 aromatic rings. The van der Waals surface area contributed by atoms with Crippen LogP contribution in [0, 0.1) is 17.6 Å². The Bertz CT molecular complexity index is 639. The highest BCUT2D eigenvalue weighted by Gasteiger charge is 2.17. The maximum Gasteiger partial charge on any atom is 0.273 e. The highest BCUT2D eigenvalue weighted by molar-refractivity contribution is 5.91. The molecule has 0 aromatic carbocycles. The molecule has 0 aliphatic carbocycles. The van der Waals surface area contributed by atoms with Crippen molar-refractivity contribution in [2.24, 2.45) is 0 Å². The minimum atomic E-state index is -1.44. The predicted molar refractivity (Wildman–Crippen MR) is 59.3 cm³/mol. The fraction of sp³-hybridized carbons (Fsp3) is 0.182. The lowest BCUT2D eigenvalue weighted by Gasteiger charge is -2.07. The van der Waals surface area contributed by atoms with E-state index in [0.29, 0.717) is 6.07 Å². The molecule has 0 aliphatic heterocycles. The summed E-state index contributed by atoms with van der Waals surface area (Å²) in [7, 11) is 3.05. The third-order valence-electron chi connectivity index (χ3n) is 2.30. The number of amides is 1. The van der Waals surface area contributed by atoms with Crippen molar-refractivity contribution in [1.29, 1.82) is 0 Å².